The summed E-state index contributed by atoms with van der Waals surface area (Å²) in [6.45, 7) is 5.58. The molecule has 0 aliphatic rings. The summed E-state index contributed by atoms with van der Waals surface area (Å²) >= 11 is 1.56. The van der Waals surface area contributed by atoms with Crippen molar-refractivity contribution in [3.05, 3.63) is 59.2 Å². The largest absolute Gasteiger partial charge is 0.480 e. The highest BCUT2D eigenvalue weighted by Crippen LogP contribution is 2.28. The highest BCUT2D eigenvalue weighted by Gasteiger charge is 2.23. The van der Waals surface area contributed by atoms with Crippen LogP contribution in [0.5, 0.6) is 0 Å². The van der Waals surface area contributed by atoms with Crippen molar-refractivity contribution in [2.24, 2.45) is 0 Å². The number of aryl methyl sites for hydroxylation is 1. The standard InChI is InChI=1S/C31H46N2O4S/c1-5-6-7-8-9-10-14-25(22-37-3)32-21-24-16-17-27(28(20-24)26-15-12-11-13-23(26)2)30(34)33-29(31(35)36)18-19-38-4/h11-13,15-17,20,25,29,32H,5-10,14,18-19,21-22H2,1-4H3,(H,33,34)(H,35,36)/t25-,29-/m0/s1. The van der Waals surface area contributed by atoms with Gasteiger partial charge in [-0.3, -0.25) is 4.79 Å². The number of amides is 1. The van der Waals surface area contributed by atoms with E-state index in [2.05, 4.69) is 23.6 Å². The van der Waals surface area contributed by atoms with Crippen LogP contribution in [0.25, 0.3) is 11.1 Å². The number of hydrogen-bond acceptors (Lipinski definition) is 5. The third-order valence-corrected chi connectivity index (χ3v) is 7.49. The van der Waals surface area contributed by atoms with Crippen LogP contribution >= 0.6 is 11.8 Å². The Kier molecular flexibility index (Phi) is 15.1. The van der Waals surface area contributed by atoms with Crippen molar-refractivity contribution in [2.45, 2.75) is 83.8 Å². The lowest BCUT2D eigenvalue weighted by molar-refractivity contribution is -0.139. The Morgan fingerprint density at radius 3 is 2.42 bits per heavy atom. The molecule has 6 nitrogen and oxygen atoms in total. The number of thioether (sulfide) groups is 1. The smallest absolute Gasteiger partial charge is 0.326 e. The molecule has 3 N–H and O–H groups in total. The monoisotopic (exact) mass is 542 g/mol. The van der Waals surface area contributed by atoms with Crippen LogP contribution < -0.4 is 10.6 Å². The summed E-state index contributed by atoms with van der Waals surface area (Å²) in [6.07, 6.45) is 11.0. The Morgan fingerprint density at radius 1 is 1.00 bits per heavy atom. The van der Waals surface area contributed by atoms with Gasteiger partial charge in [-0.1, -0.05) is 75.8 Å². The molecular formula is C31H46N2O4S. The Hall–Kier alpha value is -2.35. The van der Waals surface area contributed by atoms with Crippen LogP contribution in [0.1, 0.15) is 79.8 Å². The van der Waals surface area contributed by atoms with Gasteiger partial charge in [0.2, 0.25) is 0 Å². The summed E-state index contributed by atoms with van der Waals surface area (Å²) in [5.41, 5.74) is 4.40. The number of carbonyl (C=O) groups excluding carboxylic acids is 1. The van der Waals surface area contributed by atoms with Crippen molar-refractivity contribution >= 4 is 23.6 Å². The first-order chi connectivity index (χ1) is 18.4. The summed E-state index contributed by atoms with van der Waals surface area (Å²) in [7, 11) is 1.74. The van der Waals surface area contributed by atoms with E-state index < -0.39 is 12.0 Å². The third kappa shape index (κ3) is 10.8. The van der Waals surface area contributed by atoms with Crippen LogP contribution in [-0.4, -0.2) is 54.8 Å². The number of aliphatic carboxylic acids is 1. The number of unbranched alkanes of at least 4 members (excludes halogenated alkanes) is 5. The average molecular weight is 543 g/mol. The molecule has 0 fully saturated rings. The number of rotatable bonds is 19. The van der Waals surface area contributed by atoms with E-state index >= 15 is 0 Å². The van der Waals surface area contributed by atoms with Gasteiger partial charge >= 0.3 is 5.97 Å². The molecule has 38 heavy (non-hydrogen) atoms. The second kappa shape index (κ2) is 18.0. The fourth-order valence-corrected chi connectivity index (χ4v) is 5.08. The van der Waals surface area contributed by atoms with Gasteiger partial charge in [0, 0.05) is 25.3 Å². The number of benzene rings is 2. The fraction of sp³-hybridized carbons (Fsp3) is 0.548. The maximum atomic E-state index is 13.3. The van der Waals surface area contributed by atoms with Crippen molar-refractivity contribution in [1.29, 1.82) is 0 Å². The lowest BCUT2D eigenvalue weighted by atomic mass is 9.93. The first-order valence-electron chi connectivity index (χ1n) is 13.8. The molecule has 0 aromatic heterocycles. The average Bonchev–Trinajstić information content (AvgIpc) is 2.91. The molecule has 0 heterocycles. The molecule has 0 bridgehead atoms. The molecule has 0 unspecified atom stereocenters. The summed E-state index contributed by atoms with van der Waals surface area (Å²) in [4.78, 5) is 25.0. The van der Waals surface area contributed by atoms with E-state index in [-0.39, 0.29) is 11.9 Å². The Labute approximate surface area is 233 Å². The van der Waals surface area contributed by atoms with Crippen molar-refractivity contribution < 1.29 is 19.4 Å². The molecule has 0 aliphatic carbocycles. The molecule has 0 aliphatic heterocycles. The van der Waals surface area contributed by atoms with Crippen LogP contribution in [0.4, 0.5) is 0 Å². The number of carboxylic acid groups (broad SMARTS) is 1. The predicted molar refractivity (Wildman–Crippen MR) is 159 cm³/mol. The van der Waals surface area contributed by atoms with Crippen molar-refractivity contribution in [3.63, 3.8) is 0 Å². The third-order valence-electron chi connectivity index (χ3n) is 6.85. The van der Waals surface area contributed by atoms with Crippen molar-refractivity contribution in [3.8, 4) is 11.1 Å². The fourth-order valence-electron chi connectivity index (χ4n) is 4.61. The van der Waals surface area contributed by atoms with E-state index in [1.54, 1.807) is 18.9 Å². The summed E-state index contributed by atoms with van der Waals surface area (Å²) in [5, 5.41) is 16.0. The van der Waals surface area contributed by atoms with Crippen molar-refractivity contribution in [1.82, 2.24) is 10.6 Å². The summed E-state index contributed by atoms with van der Waals surface area (Å²) in [6, 6.07) is 13.1. The lowest BCUT2D eigenvalue weighted by Gasteiger charge is -2.20. The van der Waals surface area contributed by atoms with Gasteiger partial charge in [0.1, 0.15) is 6.04 Å². The minimum atomic E-state index is -1.01. The lowest BCUT2D eigenvalue weighted by Crippen LogP contribution is -2.41. The molecule has 0 radical (unpaired) electrons. The maximum Gasteiger partial charge on any atom is 0.326 e. The van der Waals surface area contributed by atoms with Crippen LogP contribution in [0.2, 0.25) is 0 Å². The molecule has 0 saturated carbocycles. The van der Waals surface area contributed by atoms with Gasteiger partial charge in [-0.15, -0.1) is 0 Å². The zero-order valence-corrected chi connectivity index (χ0v) is 24.4. The van der Waals surface area contributed by atoms with Gasteiger partial charge in [-0.05, 0) is 66.2 Å². The van der Waals surface area contributed by atoms with Crippen molar-refractivity contribution in [2.75, 3.05) is 25.7 Å². The predicted octanol–water partition coefficient (Wildman–Crippen LogP) is 6.45. The van der Waals surface area contributed by atoms with E-state index in [0.717, 1.165) is 28.7 Å². The topological polar surface area (TPSA) is 87.7 Å². The molecule has 0 saturated heterocycles. The van der Waals surface area contributed by atoms with Crippen LogP contribution in [-0.2, 0) is 16.1 Å². The summed E-state index contributed by atoms with van der Waals surface area (Å²) in [5.74, 6) is -0.717. The number of hydrogen-bond donors (Lipinski definition) is 3. The van der Waals surface area contributed by atoms with E-state index in [1.807, 2.05) is 49.6 Å². The maximum absolute atomic E-state index is 13.3. The summed E-state index contributed by atoms with van der Waals surface area (Å²) < 4.78 is 5.47. The molecule has 210 valence electrons. The molecule has 1 amide bonds. The first-order valence-corrected chi connectivity index (χ1v) is 15.2. The Morgan fingerprint density at radius 2 is 1.74 bits per heavy atom. The second-order valence-corrected chi connectivity index (χ2v) is 10.9. The normalized spacial score (nSPS) is 12.7. The highest BCUT2D eigenvalue weighted by atomic mass is 32.2. The first kappa shape index (κ1) is 31.9. The highest BCUT2D eigenvalue weighted by molar-refractivity contribution is 7.98. The Balaban J connectivity index is 2.19. The van der Waals surface area contributed by atoms with Gasteiger partial charge < -0.3 is 20.5 Å². The molecule has 0 spiro atoms. The Bertz CT molecular complexity index is 998. The van der Waals surface area contributed by atoms with Gasteiger partial charge in [-0.2, -0.15) is 11.8 Å². The molecule has 7 heteroatoms. The van der Waals surface area contributed by atoms with E-state index in [1.165, 1.54) is 38.5 Å². The number of ether oxygens (including phenoxy) is 1. The minimum absolute atomic E-state index is 0.267. The number of methoxy groups -OCH3 is 1. The molecular weight excluding hydrogens is 496 g/mol. The van der Waals surface area contributed by atoms with Gasteiger partial charge in [-0.25, -0.2) is 4.79 Å². The van der Waals surface area contributed by atoms with Gasteiger partial charge in [0.05, 0.1) is 6.61 Å². The zero-order chi connectivity index (χ0) is 27.8. The SMILES string of the molecule is CCCCCCCC[C@@H](COC)NCc1ccc(C(=O)N[C@@H](CCSC)C(=O)O)c(-c2ccccc2C)c1. The van der Waals surface area contributed by atoms with Gasteiger partial charge in [0.15, 0.2) is 0 Å². The van der Waals surface area contributed by atoms with E-state index in [4.69, 9.17) is 4.74 Å². The number of carboxylic acids is 1. The minimum Gasteiger partial charge on any atom is -0.480 e. The quantitative estimate of drug-likeness (QED) is 0.177. The molecule has 2 aromatic carbocycles. The van der Waals surface area contributed by atoms with Crippen LogP contribution in [0, 0.1) is 6.92 Å². The number of nitrogens with one attached hydrogen (secondary N) is 2. The van der Waals surface area contributed by atoms with E-state index in [9.17, 15) is 14.7 Å². The molecule has 2 rings (SSSR count). The molecule has 2 atom stereocenters. The van der Waals surface area contributed by atoms with Crippen LogP contribution in [0.15, 0.2) is 42.5 Å². The van der Waals surface area contributed by atoms with E-state index in [0.29, 0.717) is 30.9 Å². The zero-order valence-electron chi connectivity index (χ0n) is 23.6. The number of carbonyl (C=O) groups is 2. The molecule has 2 aromatic rings. The van der Waals surface area contributed by atoms with Crippen LogP contribution in [0.3, 0.4) is 0 Å². The van der Waals surface area contributed by atoms with Gasteiger partial charge in [0.25, 0.3) is 5.91 Å². The second-order valence-electron chi connectivity index (χ2n) is 9.93.